The molecule has 0 bridgehead atoms. The number of fused-ring (bicyclic) bond motifs is 1. The Morgan fingerprint density at radius 3 is 2.47 bits per heavy atom. The summed E-state index contributed by atoms with van der Waals surface area (Å²) in [6, 6.07) is 14.1. The van der Waals surface area contributed by atoms with Crippen LogP contribution in [0.4, 0.5) is 0 Å². The van der Waals surface area contributed by atoms with E-state index in [9.17, 15) is 9.90 Å². The number of aliphatic hydroxyl groups is 1. The van der Waals surface area contributed by atoms with E-state index in [0.717, 1.165) is 35.4 Å². The van der Waals surface area contributed by atoms with Gasteiger partial charge in [-0.1, -0.05) is 17.7 Å². The lowest BCUT2D eigenvalue weighted by Crippen LogP contribution is -2.33. The second kappa shape index (κ2) is 8.62. The first-order valence-corrected chi connectivity index (χ1v) is 10.7. The molecule has 4 rings (SSSR count). The number of aliphatic hydroxyl groups excluding tert-OH is 1. The maximum absolute atomic E-state index is 12.5. The lowest BCUT2D eigenvalue weighted by atomic mass is 10.1. The molecule has 1 aliphatic rings. The van der Waals surface area contributed by atoms with Crippen molar-refractivity contribution in [1.29, 1.82) is 0 Å². The third-order valence-corrected chi connectivity index (χ3v) is 5.93. The average Bonchev–Trinajstić information content (AvgIpc) is 3.32. The van der Waals surface area contributed by atoms with Gasteiger partial charge in [-0.05, 0) is 77.0 Å². The van der Waals surface area contributed by atoms with Gasteiger partial charge in [-0.15, -0.1) is 0 Å². The third-order valence-electron chi connectivity index (χ3n) is 5.93. The Hall–Kier alpha value is -2.63. The summed E-state index contributed by atoms with van der Waals surface area (Å²) in [7, 11) is 0. The van der Waals surface area contributed by atoms with Gasteiger partial charge in [0.1, 0.15) is 18.5 Å². The Labute approximate surface area is 177 Å². The summed E-state index contributed by atoms with van der Waals surface area (Å²) in [6.45, 7) is 8.64. The van der Waals surface area contributed by atoms with E-state index in [2.05, 4.69) is 40.7 Å². The summed E-state index contributed by atoms with van der Waals surface area (Å²) in [5, 5.41) is 11.2. The van der Waals surface area contributed by atoms with Crippen LogP contribution in [0.1, 0.15) is 41.4 Å². The molecule has 158 valence electrons. The van der Waals surface area contributed by atoms with Crippen molar-refractivity contribution in [3.63, 3.8) is 0 Å². The molecule has 0 spiro atoms. The molecular weight excluding hydrogens is 376 g/mol. The van der Waals surface area contributed by atoms with Gasteiger partial charge in [-0.3, -0.25) is 4.79 Å². The molecule has 1 N–H and O–H groups in total. The van der Waals surface area contributed by atoms with E-state index in [0.29, 0.717) is 17.9 Å². The first-order valence-electron chi connectivity index (χ1n) is 10.7. The third kappa shape index (κ3) is 4.13. The molecule has 0 amide bonds. The fourth-order valence-corrected chi connectivity index (χ4v) is 4.47. The Balaban J connectivity index is 1.62. The number of β-amino-alcohol motifs (C(OH)–C–C–N with tert-alkyl or cyclic N) is 1. The van der Waals surface area contributed by atoms with E-state index in [4.69, 9.17) is 4.74 Å². The molecule has 2 aromatic carbocycles. The summed E-state index contributed by atoms with van der Waals surface area (Å²) in [5.74, 6) is 0.709. The summed E-state index contributed by atoms with van der Waals surface area (Å²) < 4.78 is 8.02. The van der Waals surface area contributed by atoms with Crippen LogP contribution in [0.25, 0.3) is 16.6 Å². The number of ketones is 1. The van der Waals surface area contributed by atoms with Gasteiger partial charge >= 0.3 is 0 Å². The summed E-state index contributed by atoms with van der Waals surface area (Å²) in [4.78, 5) is 14.7. The minimum Gasteiger partial charge on any atom is -0.491 e. The fraction of sp³-hybridized carbons (Fsp3) is 0.400. The van der Waals surface area contributed by atoms with Crippen molar-refractivity contribution in [3.05, 3.63) is 59.3 Å². The van der Waals surface area contributed by atoms with Crippen molar-refractivity contribution in [2.75, 3.05) is 26.2 Å². The van der Waals surface area contributed by atoms with E-state index >= 15 is 0 Å². The van der Waals surface area contributed by atoms with Crippen LogP contribution >= 0.6 is 0 Å². The Bertz CT molecular complexity index is 1050. The number of nitrogens with zero attached hydrogens (tertiary/aromatic N) is 2. The molecule has 5 nitrogen and oxygen atoms in total. The van der Waals surface area contributed by atoms with Gasteiger partial charge < -0.3 is 19.3 Å². The normalized spacial score (nSPS) is 15.6. The molecule has 0 saturated carbocycles. The molecule has 30 heavy (non-hydrogen) atoms. The van der Waals surface area contributed by atoms with Crippen LogP contribution in [-0.2, 0) is 0 Å². The molecule has 1 aliphatic heterocycles. The lowest BCUT2D eigenvalue weighted by molar-refractivity contribution is 0.0759. The molecule has 5 heteroatoms. The van der Waals surface area contributed by atoms with Crippen LogP contribution in [-0.4, -0.2) is 52.7 Å². The molecule has 1 aromatic heterocycles. The molecule has 0 aliphatic carbocycles. The number of aryl methyl sites for hydroxylation is 1. The fourth-order valence-electron chi connectivity index (χ4n) is 4.47. The number of benzene rings is 2. The number of rotatable bonds is 7. The molecule has 1 fully saturated rings. The monoisotopic (exact) mass is 406 g/mol. The van der Waals surface area contributed by atoms with Crippen molar-refractivity contribution in [2.24, 2.45) is 0 Å². The highest BCUT2D eigenvalue weighted by Crippen LogP contribution is 2.32. The van der Waals surface area contributed by atoms with E-state index in [1.54, 1.807) is 6.92 Å². The quantitative estimate of drug-likeness (QED) is 0.595. The maximum atomic E-state index is 12.5. The zero-order valence-electron chi connectivity index (χ0n) is 18.0. The molecule has 2 heterocycles. The number of Topliss-reactive ketones (excluding diaryl/α,β-unsaturated/α-hetero) is 1. The molecule has 3 aromatic rings. The molecule has 0 unspecified atom stereocenters. The van der Waals surface area contributed by atoms with Gasteiger partial charge in [0.25, 0.3) is 0 Å². The summed E-state index contributed by atoms with van der Waals surface area (Å²) in [5.41, 5.74) is 4.85. The molecule has 1 saturated heterocycles. The number of carbonyl (C=O) groups excluding carboxylic acids is 1. The predicted molar refractivity (Wildman–Crippen MR) is 120 cm³/mol. The smallest absolute Gasteiger partial charge is 0.162 e. The van der Waals surface area contributed by atoms with Crippen LogP contribution in [0.3, 0.4) is 0 Å². The lowest BCUT2D eigenvalue weighted by Gasteiger charge is -2.19. The molecule has 1 atom stereocenters. The van der Waals surface area contributed by atoms with E-state index < -0.39 is 6.10 Å². The first kappa shape index (κ1) is 20.6. The van der Waals surface area contributed by atoms with E-state index in [-0.39, 0.29) is 12.4 Å². The second-order valence-corrected chi connectivity index (χ2v) is 8.34. The number of aromatic nitrogens is 1. The van der Waals surface area contributed by atoms with Crippen molar-refractivity contribution in [3.8, 4) is 11.4 Å². The van der Waals surface area contributed by atoms with Crippen LogP contribution in [0.15, 0.2) is 42.5 Å². The topological polar surface area (TPSA) is 54.7 Å². The molecule has 0 radical (unpaired) electrons. The number of likely N-dealkylation sites (tertiary alicyclic amines) is 1. The van der Waals surface area contributed by atoms with Crippen LogP contribution < -0.4 is 4.74 Å². The number of hydrogen-bond acceptors (Lipinski definition) is 4. The van der Waals surface area contributed by atoms with Crippen molar-refractivity contribution in [2.45, 2.75) is 39.7 Å². The largest absolute Gasteiger partial charge is 0.491 e. The number of carbonyl (C=O) groups is 1. The Kier molecular flexibility index (Phi) is 5.93. The molecular formula is C25H30N2O3. The predicted octanol–water partition coefficient (Wildman–Crippen LogP) is 4.29. The first-order chi connectivity index (χ1) is 14.4. The van der Waals surface area contributed by atoms with E-state index in [1.165, 1.54) is 18.4 Å². The Morgan fingerprint density at radius 1 is 1.10 bits per heavy atom. The number of ether oxygens (including phenoxy) is 1. The second-order valence-electron chi connectivity index (χ2n) is 8.34. The zero-order chi connectivity index (χ0) is 21.3. The van der Waals surface area contributed by atoms with Gasteiger partial charge in [0.05, 0.1) is 5.52 Å². The maximum Gasteiger partial charge on any atom is 0.162 e. The number of hydrogen-bond donors (Lipinski definition) is 1. The standard InChI is InChI=1S/C25H30N2O3/c1-17-6-8-20(9-7-17)27-18(2)25(19(3)28)23-14-22(10-11-24(23)27)30-16-21(29)15-26-12-4-5-13-26/h6-11,14,21,29H,4-5,12-13,15-16H2,1-3H3/t21-/m0/s1. The summed E-state index contributed by atoms with van der Waals surface area (Å²) >= 11 is 0. The average molecular weight is 407 g/mol. The van der Waals surface area contributed by atoms with Crippen LogP contribution in [0.5, 0.6) is 5.75 Å². The van der Waals surface area contributed by atoms with Gasteiger partial charge in [0, 0.05) is 28.9 Å². The van der Waals surface area contributed by atoms with E-state index in [1.807, 2.05) is 25.1 Å². The summed E-state index contributed by atoms with van der Waals surface area (Å²) in [6.07, 6.45) is 1.88. The highest BCUT2D eigenvalue weighted by molar-refractivity contribution is 6.09. The minimum absolute atomic E-state index is 0.0366. The van der Waals surface area contributed by atoms with Crippen LogP contribution in [0.2, 0.25) is 0 Å². The highest BCUT2D eigenvalue weighted by Gasteiger charge is 2.20. The van der Waals surface area contributed by atoms with Crippen molar-refractivity contribution >= 4 is 16.7 Å². The SMILES string of the molecule is CC(=O)c1c(C)n(-c2ccc(C)cc2)c2ccc(OC[C@@H](O)CN3CCCC3)cc12. The Morgan fingerprint density at radius 2 is 1.80 bits per heavy atom. The van der Waals surface area contributed by atoms with Crippen molar-refractivity contribution in [1.82, 2.24) is 9.47 Å². The van der Waals surface area contributed by atoms with Crippen LogP contribution in [0, 0.1) is 13.8 Å². The van der Waals surface area contributed by atoms with Gasteiger partial charge in [0.15, 0.2) is 5.78 Å². The zero-order valence-corrected chi connectivity index (χ0v) is 18.0. The van der Waals surface area contributed by atoms with Gasteiger partial charge in [-0.2, -0.15) is 0 Å². The highest BCUT2D eigenvalue weighted by atomic mass is 16.5. The van der Waals surface area contributed by atoms with Gasteiger partial charge in [-0.25, -0.2) is 0 Å². The van der Waals surface area contributed by atoms with Crippen molar-refractivity contribution < 1.29 is 14.6 Å². The minimum atomic E-state index is -0.523. The van der Waals surface area contributed by atoms with Gasteiger partial charge in [0.2, 0.25) is 0 Å².